The van der Waals surface area contributed by atoms with E-state index in [1.165, 1.54) is 0 Å². The Labute approximate surface area is 187 Å². The van der Waals surface area contributed by atoms with Crippen LogP contribution < -0.4 is 28.4 Å². The lowest BCUT2D eigenvalue weighted by atomic mass is 9.87. The van der Waals surface area contributed by atoms with E-state index in [4.69, 9.17) is 28.4 Å². The first-order chi connectivity index (χ1) is 15.5. The number of hydrogen-bond acceptors (Lipinski definition) is 8. The van der Waals surface area contributed by atoms with Gasteiger partial charge in [0.2, 0.25) is 18.3 Å². The third-order valence-electron chi connectivity index (χ3n) is 6.09. The van der Waals surface area contributed by atoms with E-state index in [1.54, 1.807) is 28.4 Å². The molecule has 32 heavy (non-hydrogen) atoms. The van der Waals surface area contributed by atoms with Gasteiger partial charge < -0.3 is 28.4 Å². The largest absolute Gasteiger partial charge is 0.493 e. The highest BCUT2D eigenvalue weighted by Crippen LogP contribution is 2.50. The second-order valence-corrected chi connectivity index (χ2v) is 7.92. The molecule has 8 nitrogen and oxygen atoms in total. The minimum atomic E-state index is -0.113. The summed E-state index contributed by atoms with van der Waals surface area (Å²) in [5, 5.41) is 0. The fourth-order valence-corrected chi connectivity index (χ4v) is 4.54. The van der Waals surface area contributed by atoms with Crippen molar-refractivity contribution in [2.45, 2.75) is 25.3 Å². The number of rotatable bonds is 8. The first kappa shape index (κ1) is 22.1. The maximum atomic E-state index is 13.2. The Morgan fingerprint density at radius 3 is 2.31 bits per heavy atom. The molecule has 0 N–H and O–H groups in total. The topological polar surface area (TPSA) is 75.7 Å². The van der Waals surface area contributed by atoms with E-state index in [0.29, 0.717) is 40.9 Å². The Kier molecular flexibility index (Phi) is 6.32. The minimum absolute atomic E-state index is 0.101. The predicted octanol–water partition coefficient (Wildman–Crippen LogP) is 3.18. The summed E-state index contributed by atoms with van der Waals surface area (Å²) < 4.78 is 33.2. The molecule has 1 unspecified atom stereocenters. The Bertz CT molecular complexity index is 995. The van der Waals surface area contributed by atoms with E-state index >= 15 is 0 Å². The summed E-state index contributed by atoms with van der Waals surface area (Å²) in [6.07, 6.45) is 1.45. The molecule has 0 aliphatic carbocycles. The number of methoxy groups -OCH3 is 4. The predicted molar refractivity (Wildman–Crippen MR) is 118 cm³/mol. The van der Waals surface area contributed by atoms with Gasteiger partial charge in [0.1, 0.15) is 5.78 Å². The lowest BCUT2D eigenvalue weighted by molar-refractivity contribution is -0.119. The number of ether oxygens (including phenoxy) is 6. The Morgan fingerprint density at radius 2 is 1.69 bits per heavy atom. The molecule has 0 saturated heterocycles. The lowest BCUT2D eigenvalue weighted by Gasteiger charge is -2.35. The van der Waals surface area contributed by atoms with Crippen LogP contribution in [0, 0.1) is 0 Å². The van der Waals surface area contributed by atoms with E-state index in [9.17, 15) is 4.79 Å². The van der Waals surface area contributed by atoms with Crippen LogP contribution in [0.15, 0.2) is 18.2 Å². The molecule has 0 fully saturated rings. The number of fused-ring (bicyclic) bond motifs is 2. The maximum Gasteiger partial charge on any atom is 0.231 e. The molecule has 4 rings (SSSR count). The number of carbonyl (C=O) groups excluding carboxylic acids is 1. The molecule has 0 radical (unpaired) electrons. The summed E-state index contributed by atoms with van der Waals surface area (Å²) in [7, 11) is 8.34. The van der Waals surface area contributed by atoms with Crippen molar-refractivity contribution >= 4 is 5.78 Å². The van der Waals surface area contributed by atoms with Crippen LogP contribution in [0.3, 0.4) is 0 Å². The number of likely N-dealkylation sites (N-methyl/N-ethyl adjacent to an activating group) is 1. The van der Waals surface area contributed by atoms with E-state index in [1.807, 2.05) is 25.2 Å². The van der Waals surface area contributed by atoms with Crippen molar-refractivity contribution in [2.75, 3.05) is 48.8 Å². The first-order valence-electron chi connectivity index (χ1n) is 10.5. The summed E-state index contributed by atoms with van der Waals surface area (Å²) in [6, 6.07) is 5.54. The minimum Gasteiger partial charge on any atom is -0.493 e. The fourth-order valence-electron chi connectivity index (χ4n) is 4.54. The van der Waals surface area contributed by atoms with Crippen molar-refractivity contribution in [1.82, 2.24) is 4.90 Å². The van der Waals surface area contributed by atoms with Crippen LogP contribution in [-0.2, 0) is 17.6 Å². The number of benzene rings is 2. The second-order valence-electron chi connectivity index (χ2n) is 7.92. The lowest BCUT2D eigenvalue weighted by Crippen LogP contribution is -2.34. The molecule has 0 saturated carbocycles. The molecule has 8 heteroatoms. The van der Waals surface area contributed by atoms with Gasteiger partial charge in [-0.05, 0) is 42.8 Å². The number of hydrogen-bond donors (Lipinski definition) is 0. The van der Waals surface area contributed by atoms with Crippen molar-refractivity contribution in [2.24, 2.45) is 0 Å². The Balaban J connectivity index is 1.61. The summed E-state index contributed by atoms with van der Waals surface area (Å²) in [4.78, 5) is 15.4. The van der Waals surface area contributed by atoms with Crippen LogP contribution in [0.25, 0.3) is 0 Å². The Hall–Kier alpha value is -3.13. The standard InChI is InChI=1S/C24H29NO7/c1-25-7-6-15-11-20-23(32-13-31-20)24(30-5)21(15)17(25)12-16(26)8-14-9-18(27-2)22(29-4)19(10-14)28-3/h9-11,17H,6-8,12-13H2,1-5H3. The highest BCUT2D eigenvalue weighted by molar-refractivity contribution is 5.82. The molecule has 2 heterocycles. The molecule has 0 bridgehead atoms. The van der Waals surface area contributed by atoms with Crippen LogP contribution >= 0.6 is 0 Å². The van der Waals surface area contributed by atoms with Gasteiger partial charge in [0.15, 0.2) is 23.0 Å². The van der Waals surface area contributed by atoms with Crippen molar-refractivity contribution in [1.29, 1.82) is 0 Å². The first-order valence-corrected chi connectivity index (χ1v) is 10.5. The zero-order valence-corrected chi connectivity index (χ0v) is 19.1. The van der Waals surface area contributed by atoms with Gasteiger partial charge in [0, 0.05) is 31.0 Å². The summed E-state index contributed by atoms with van der Waals surface area (Å²) in [6.45, 7) is 1.02. The molecule has 1 atom stereocenters. The fraction of sp³-hybridized carbons (Fsp3) is 0.458. The maximum absolute atomic E-state index is 13.2. The second kappa shape index (κ2) is 9.16. The van der Waals surface area contributed by atoms with Crippen molar-refractivity contribution in [3.63, 3.8) is 0 Å². The van der Waals surface area contributed by atoms with Crippen molar-refractivity contribution < 1.29 is 33.2 Å². The van der Waals surface area contributed by atoms with Gasteiger partial charge in [-0.3, -0.25) is 9.69 Å². The van der Waals surface area contributed by atoms with Gasteiger partial charge in [-0.25, -0.2) is 0 Å². The van der Waals surface area contributed by atoms with E-state index < -0.39 is 0 Å². The zero-order valence-electron chi connectivity index (χ0n) is 19.1. The molecule has 2 aromatic rings. The highest BCUT2D eigenvalue weighted by Gasteiger charge is 2.35. The SMILES string of the molecule is COc1cc(CC(=O)CC2c3c(cc4c(c3OC)OCO4)CCN2C)cc(OC)c1OC. The number of nitrogens with zero attached hydrogens (tertiary/aromatic N) is 1. The van der Waals surface area contributed by atoms with Gasteiger partial charge in [-0.2, -0.15) is 0 Å². The number of ketones is 1. The van der Waals surface area contributed by atoms with Crippen LogP contribution in [0.4, 0.5) is 0 Å². The average molecular weight is 443 g/mol. The van der Waals surface area contributed by atoms with Gasteiger partial charge in [-0.1, -0.05) is 0 Å². The molecule has 0 amide bonds. The zero-order chi connectivity index (χ0) is 22.8. The van der Waals surface area contributed by atoms with Crippen LogP contribution in [-0.4, -0.2) is 59.5 Å². The number of Topliss-reactive ketones (excluding diaryl/α,β-unsaturated/α-hetero) is 1. The molecule has 0 aromatic heterocycles. The quantitative estimate of drug-likeness (QED) is 0.616. The Morgan fingerprint density at radius 1 is 1.00 bits per heavy atom. The highest BCUT2D eigenvalue weighted by atomic mass is 16.7. The third kappa shape index (κ3) is 3.90. The summed E-state index contributed by atoms with van der Waals surface area (Å²) >= 11 is 0. The molecular weight excluding hydrogens is 414 g/mol. The van der Waals surface area contributed by atoms with Crippen LogP contribution in [0.2, 0.25) is 0 Å². The normalized spacial score (nSPS) is 17.0. The summed E-state index contributed by atoms with van der Waals surface area (Å²) in [5.74, 6) is 3.65. The van der Waals surface area contributed by atoms with E-state index in [0.717, 1.165) is 29.7 Å². The average Bonchev–Trinajstić information content (AvgIpc) is 3.27. The molecule has 172 valence electrons. The molecule has 0 spiro atoms. The van der Waals surface area contributed by atoms with Gasteiger partial charge in [-0.15, -0.1) is 0 Å². The van der Waals surface area contributed by atoms with Crippen molar-refractivity contribution in [3.8, 4) is 34.5 Å². The van der Waals surface area contributed by atoms with Crippen LogP contribution in [0.1, 0.15) is 29.2 Å². The summed E-state index contributed by atoms with van der Waals surface area (Å²) in [5.41, 5.74) is 2.94. The van der Waals surface area contributed by atoms with Gasteiger partial charge in [0.25, 0.3) is 0 Å². The third-order valence-corrected chi connectivity index (χ3v) is 6.09. The van der Waals surface area contributed by atoms with Crippen molar-refractivity contribution in [3.05, 3.63) is 34.9 Å². The van der Waals surface area contributed by atoms with Crippen LogP contribution in [0.5, 0.6) is 34.5 Å². The number of carbonyl (C=O) groups is 1. The van der Waals surface area contributed by atoms with E-state index in [2.05, 4.69) is 4.90 Å². The van der Waals surface area contributed by atoms with Gasteiger partial charge >= 0.3 is 0 Å². The van der Waals surface area contributed by atoms with Gasteiger partial charge in [0.05, 0.1) is 28.4 Å². The molecular formula is C24H29NO7. The molecule has 2 aliphatic heterocycles. The molecule has 2 aliphatic rings. The monoisotopic (exact) mass is 443 g/mol. The molecule has 2 aromatic carbocycles. The van der Waals surface area contributed by atoms with E-state index in [-0.39, 0.29) is 25.0 Å². The smallest absolute Gasteiger partial charge is 0.231 e.